The van der Waals surface area contributed by atoms with E-state index in [4.69, 9.17) is 9.47 Å². The Morgan fingerprint density at radius 1 is 1.04 bits per heavy atom. The number of pyridine rings is 1. The molecule has 1 amide bonds. The van der Waals surface area contributed by atoms with Gasteiger partial charge in [0, 0.05) is 18.7 Å². The molecule has 3 aromatic rings. The fourth-order valence-corrected chi connectivity index (χ4v) is 2.73. The van der Waals surface area contributed by atoms with Crippen LogP contribution in [-0.2, 0) is 11.3 Å². The van der Waals surface area contributed by atoms with Crippen LogP contribution < -0.4 is 14.4 Å². The lowest BCUT2D eigenvalue weighted by Gasteiger charge is -2.24. The average molecular weight is 379 g/mol. The minimum atomic E-state index is -0.581. The highest BCUT2D eigenvalue weighted by atomic mass is 18.2. The van der Waals surface area contributed by atoms with E-state index in [1.807, 2.05) is 48.5 Å². The molecule has 6 heteroatoms. The van der Waals surface area contributed by atoms with Gasteiger partial charge in [-0.15, -0.1) is 0 Å². The van der Waals surface area contributed by atoms with Gasteiger partial charge in [-0.1, -0.05) is 36.4 Å². The quantitative estimate of drug-likeness (QED) is 0.565. The predicted molar refractivity (Wildman–Crippen MR) is 106 cm³/mol. The van der Waals surface area contributed by atoms with Crippen LogP contribution in [0, 0.1) is 0 Å². The first-order valence-electron chi connectivity index (χ1n) is 8.91. The number of nitrogens with zero attached hydrogens (tertiary/aromatic N) is 2. The number of carbonyl (C=O) groups excluding carboxylic acids is 1. The molecule has 0 saturated carbocycles. The summed E-state index contributed by atoms with van der Waals surface area (Å²) in [5.41, 5.74) is 1.31. The standard InChI is InChI=1S/C22H21FN2O3/c1-17(26)25(16-18-8-5-6-12-21(18)27-15-13-23)20-11-7-14-24-22(20)28-19-9-3-2-4-10-19/h2-12,14H,13,15-16H2,1H3/i23-1. The topological polar surface area (TPSA) is 51.7 Å². The lowest BCUT2D eigenvalue weighted by molar-refractivity contribution is -0.116. The molecule has 1 heterocycles. The second-order valence-electron chi connectivity index (χ2n) is 5.99. The summed E-state index contributed by atoms with van der Waals surface area (Å²) < 4.78 is 23.9. The van der Waals surface area contributed by atoms with Crippen LogP contribution in [0.1, 0.15) is 12.5 Å². The van der Waals surface area contributed by atoms with Gasteiger partial charge in [-0.3, -0.25) is 4.79 Å². The van der Waals surface area contributed by atoms with Crippen LogP contribution in [-0.4, -0.2) is 24.2 Å². The molecule has 0 fully saturated rings. The summed E-state index contributed by atoms with van der Waals surface area (Å²) >= 11 is 0. The molecule has 3 rings (SSSR count). The van der Waals surface area contributed by atoms with Crippen LogP contribution >= 0.6 is 0 Å². The summed E-state index contributed by atoms with van der Waals surface area (Å²) in [5.74, 6) is 1.32. The van der Waals surface area contributed by atoms with E-state index in [9.17, 15) is 9.18 Å². The largest absolute Gasteiger partial charge is 0.491 e. The number of rotatable bonds is 8. The van der Waals surface area contributed by atoms with Gasteiger partial charge in [-0.2, -0.15) is 0 Å². The van der Waals surface area contributed by atoms with E-state index in [0.717, 1.165) is 5.56 Å². The van der Waals surface area contributed by atoms with Crippen LogP contribution in [0.4, 0.5) is 10.1 Å². The summed E-state index contributed by atoms with van der Waals surface area (Å²) in [6.45, 7) is 1.10. The number of hydrogen-bond acceptors (Lipinski definition) is 4. The highest BCUT2D eigenvalue weighted by molar-refractivity contribution is 5.92. The van der Waals surface area contributed by atoms with E-state index in [1.54, 1.807) is 29.3 Å². The van der Waals surface area contributed by atoms with Crippen LogP contribution in [0.25, 0.3) is 0 Å². The summed E-state index contributed by atoms with van der Waals surface area (Å²) in [7, 11) is 0. The molecular formula is C22H21FN2O3. The maximum atomic E-state index is 12.5. The molecule has 0 atom stereocenters. The third kappa shape index (κ3) is 4.85. The number of halogens is 1. The Labute approximate surface area is 163 Å². The van der Waals surface area contributed by atoms with Crippen molar-refractivity contribution in [3.05, 3.63) is 78.5 Å². The number of anilines is 1. The zero-order valence-corrected chi connectivity index (χ0v) is 15.5. The van der Waals surface area contributed by atoms with Gasteiger partial charge in [-0.05, 0) is 30.3 Å². The van der Waals surface area contributed by atoms with Crippen LogP contribution in [0.5, 0.6) is 17.4 Å². The second-order valence-corrected chi connectivity index (χ2v) is 5.99. The summed E-state index contributed by atoms with van der Waals surface area (Å²) in [6, 6.07) is 20.0. The van der Waals surface area contributed by atoms with Crippen molar-refractivity contribution in [1.82, 2.24) is 4.98 Å². The van der Waals surface area contributed by atoms with Crippen molar-refractivity contribution in [2.75, 3.05) is 18.2 Å². The summed E-state index contributed by atoms with van der Waals surface area (Å²) in [6.07, 6.45) is 1.61. The molecule has 0 unspecified atom stereocenters. The van der Waals surface area contributed by atoms with Gasteiger partial charge >= 0.3 is 0 Å². The smallest absolute Gasteiger partial charge is 0.243 e. The maximum absolute atomic E-state index is 12.5. The van der Waals surface area contributed by atoms with Gasteiger partial charge in [-0.25, -0.2) is 9.37 Å². The Morgan fingerprint density at radius 3 is 2.54 bits per heavy atom. The first kappa shape index (κ1) is 19.4. The van der Waals surface area contributed by atoms with E-state index >= 15 is 0 Å². The maximum Gasteiger partial charge on any atom is 0.243 e. The van der Waals surface area contributed by atoms with Crippen molar-refractivity contribution in [2.45, 2.75) is 13.5 Å². The lowest BCUT2D eigenvalue weighted by atomic mass is 10.1. The van der Waals surface area contributed by atoms with E-state index in [2.05, 4.69) is 4.98 Å². The zero-order valence-electron chi connectivity index (χ0n) is 15.5. The minimum absolute atomic E-state index is 0.0354. The predicted octanol–water partition coefficient (Wildman–Crippen LogP) is 4.78. The van der Waals surface area contributed by atoms with Gasteiger partial charge in [0.25, 0.3) is 0 Å². The van der Waals surface area contributed by atoms with E-state index in [-0.39, 0.29) is 19.1 Å². The molecule has 28 heavy (non-hydrogen) atoms. The molecule has 0 N–H and O–H groups in total. The van der Waals surface area contributed by atoms with E-state index in [0.29, 0.717) is 23.1 Å². The SMILES string of the molecule is CC(=O)N(Cc1ccccc1OCC[18F])c1cccnc1Oc1ccccc1. The Bertz CT molecular complexity index is 918. The molecule has 1 aromatic heterocycles. The van der Waals surface area contributed by atoms with Crippen molar-refractivity contribution in [2.24, 2.45) is 0 Å². The number of carbonyl (C=O) groups is 1. The fourth-order valence-electron chi connectivity index (χ4n) is 2.73. The van der Waals surface area contributed by atoms with E-state index in [1.165, 1.54) is 6.92 Å². The Hall–Kier alpha value is -3.41. The minimum Gasteiger partial charge on any atom is -0.491 e. The molecule has 0 spiro atoms. The van der Waals surface area contributed by atoms with Crippen molar-refractivity contribution >= 4 is 11.6 Å². The average Bonchev–Trinajstić information content (AvgIpc) is 2.72. The van der Waals surface area contributed by atoms with Crippen molar-refractivity contribution in [3.63, 3.8) is 0 Å². The third-order valence-corrected chi connectivity index (χ3v) is 4.02. The Kier molecular flexibility index (Phi) is 6.57. The summed E-state index contributed by atoms with van der Waals surface area (Å²) in [5, 5.41) is 0. The second kappa shape index (κ2) is 9.50. The number of hydrogen-bond donors (Lipinski definition) is 0. The number of amides is 1. The van der Waals surface area contributed by atoms with Gasteiger partial charge in [0.15, 0.2) is 0 Å². The molecule has 2 aromatic carbocycles. The first-order valence-corrected chi connectivity index (χ1v) is 8.91. The molecule has 0 aliphatic carbocycles. The Balaban J connectivity index is 1.91. The fraction of sp³-hybridized carbons (Fsp3) is 0.182. The molecule has 0 aliphatic rings. The molecule has 0 aliphatic heterocycles. The monoisotopic (exact) mass is 379 g/mol. The molecule has 0 bridgehead atoms. The van der Waals surface area contributed by atoms with Crippen LogP contribution in [0.15, 0.2) is 72.9 Å². The van der Waals surface area contributed by atoms with Gasteiger partial charge in [0.1, 0.15) is 30.5 Å². The highest BCUT2D eigenvalue weighted by Crippen LogP contribution is 2.32. The van der Waals surface area contributed by atoms with Crippen molar-refractivity contribution in [1.29, 1.82) is 0 Å². The normalized spacial score (nSPS) is 10.4. The number of alkyl halides is 1. The summed E-state index contributed by atoms with van der Waals surface area (Å²) in [4.78, 5) is 18.3. The third-order valence-electron chi connectivity index (χ3n) is 4.02. The molecule has 0 saturated heterocycles. The molecule has 144 valence electrons. The Morgan fingerprint density at radius 2 is 1.79 bits per heavy atom. The first-order chi connectivity index (χ1) is 13.7. The zero-order chi connectivity index (χ0) is 19.8. The number of benzene rings is 2. The number of ether oxygens (including phenoxy) is 2. The molecule has 5 nitrogen and oxygen atoms in total. The lowest BCUT2D eigenvalue weighted by Crippen LogP contribution is -2.28. The van der Waals surface area contributed by atoms with E-state index < -0.39 is 6.67 Å². The molecular weight excluding hydrogens is 358 g/mol. The highest BCUT2D eigenvalue weighted by Gasteiger charge is 2.20. The van der Waals surface area contributed by atoms with Crippen LogP contribution in [0.3, 0.4) is 0 Å². The van der Waals surface area contributed by atoms with Gasteiger partial charge in [0.05, 0.1) is 6.54 Å². The van der Waals surface area contributed by atoms with Crippen molar-refractivity contribution < 1.29 is 18.7 Å². The van der Waals surface area contributed by atoms with Crippen molar-refractivity contribution in [3.8, 4) is 17.4 Å². The van der Waals surface area contributed by atoms with Gasteiger partial charge in [0.2, 0.25) is 11.8 Å². The number of aromatic nitrogens is 1. The molecule has 0 radical (unpaired) electrons. The number of para-hydroxylation sites is 2. The van der Waals surface area contributed by atoms with Gasteiger partial charge < -0.3 is 14.4 Å². The van der Waals surface area contributed by atoms with Crippen LogP contribution in [0.2, 0.25) is 0 Å².